The maximum absolute atomic E-state index is 6.15. The van der Waals surface area contributed by atoms with Crippen LogP contribution in [0.2, 0.25) is 0 Å². The van der Waals surface area contributed by atoms with E-state index >= 15 is 0 Å². The Morgan fingerprint density at radius 3 is 2.57 bits per heavy atom. The molecule has 0 saturated heterocycles. The average molecular weight is 191 g/mol. The summed E-state index contributed by atoms with van der Waals surface area (Å²) in [5.41, 5.74) is 10.2. The molecule has 0 aliphatic heterocycles. The predicted molar refractivity (Wildman–Crippen MR) is 62.4 cm³/mol. The van der Waals surface area contributed by atoms with Gasteiger partial charge in [0.25, 0.3) is 0 Å². The van der Waals surface area contributed by atoms with E-state index in [-0.39, 0.29) is 6.04 Å². The van der Waals surface area contributed by atoms with Crippen molar-refractivity contribution < 1.29 is 0 Å². The summed E-state index contributed by atoms with van der Waals surface area (Å²) in [7, 11) is 0. The highest BCUT2D eigenvalue weighted by Crippen LogP contribution is 2.21. The van der Waals surface area contributed by atoms with Crippen LogP contribution in [-0.4, -0.2) is 0 Å². The Balaban J connectivity index is 2.97. The van der Waals surface area contributed by atoms with E-state index in [1.807, 2.05) is 0 Å². The van der Waals surface area contributed by atoms with Gasteiger partial charge in [0, 0.05) is 6.04 Å². The molecule has 1 heteroatoms. The van der Waals surface area contributed by atoms with Crippen LogP contribution < -0.4 is 5.73 Å². The van der Waals surface area contributed by atoms with Crippen LogP contribution in [0, 0.1) is 6.92 Å². The molecule has 0 amide bonds. The van der Waals surface area contributed by atoms with Crippen LogP contribution in [0.3, 0.4) is 0 Å². The zero-order valence-corrected chi connectivity index (χ0v) is 9.51. The number of benzene rings is 1. The molecule has 1 nitrogen and oxygen atoms in total. The van der Waals surface area contributed by atoms with Crippen molar-refractivity contribution in [2.75, 3.05) is 0 Å². The summed E-state index contributed by atoms with van der Waals surface area (Å²) >= 11 is 0. The van der Waals surface area contributed by atoms with E-state index in [1.54, 1.807) is 0 Å². The van der Waals surface area contributed by atoms with Crippen molar-refractivity contribution >= 4 is 0 Å². The van der Waals surface area contributed by atoms with E-state index < -0.39 is 0 Å². The summed E-state index contributed by atoms with van der Waals surface area (Å²) in [4.78, 5) is 0. The Hall–Kier alpha value is -0.820. The first-order valence-electron chi connectivity index (χ1n) is 5.54. The summed E-state index contributed by atoms with van der Waals surface area (Å²) in [5, 5.41) is 0. The van der Waals surface area contributed by atoms with Gasteiger partial charge in [0.15, 0.2) is 0 Å². The fourth-order valence-electron chi connectivity index (χ4n) is 1.85. The molecule has 1 rings (SSSR count). The third-order valence-corrected chi connectivity index (χ3v) is 2.68. The van der Waals surface area contributed by atoms with Gasteiger partial charge in [-0.1, -0.05) is 44.0 Å². The molecule has 78 valence electrons. The highest BCUT2D eigenvalue weighted by atomic mass is 14.6. The predicted octanol–water partition coefficient (Wildman–Crippen LogP) is 3.36. The summed E-state index contributed by atoms with van der Waals surface area (Å²) in [6.07, 6.45) is 3.31. The molecule has 0 heterocycles. The van der Waals surface area contributed by atoms with E-state index in [2.05, 4.69) is 39.0 Å². The molecule has 0 aliphatic carbocycles. The van der Waals surface area contributed by atoms with Gasteiger partial charge in [-0.25, -0.2) is 0 Å². The van der Waals surface area contributed by atoms with E-state index in [1.165, 1.54) is 16.7 Å². The minimum atomic E-state index is 0.217. The summed E-state index contributed by atoms with van der Waals surface area (Å²) in [5.74, 6) is 0. The Labute approximate surface area is 87.3 Å². The van der Waals surface area contributed by atoms with Gasteiger partial charge in [0.2, 0.25) is 0 Å². The Kier molecular flexibility index (Phi) is 4.15. The monoisotopic (exact) mass is 191 g/mol. The van der Waals surface area contributed by atoms with Gasteiger partial charge in [-0.3, -0.25) is 0 Å². The molecular formula is C13H21N. The third kappa shape index (κ3) is 2.58. The SMILES string of the molecule is CCCC(N)c1cc(C)ccc1CC. The number of hydrogen-bond donors (Lipinski definition) is 1. The molecule has 1 atom stereocenters. The van der Waals surface area contributed by atoms with Gasteiger partial charge in [-0.05, 0) is 30.9 Å². The number of hydrogen-bond acceptors (Lipinski definition) is 1. The molecule has 0 bridgehead atoms. The molecule has 2 N–H and O–H groups in total. The normalized spacial score (nSPS) is 12.9. The number of rotatable bonds is 4. The fourth-order valence-corrected chi connectivity index (χ4v) is 1.85. The fraction of sp³-hybridized carbons (Fsp3) is 0.538. The van der Waals surface area contributed by atoms with E-state index in [0.29, 0.717) is 0 Å². The van der Waals surface area contributed by atoms with Crippen LogP contribution in [0.4, 0.5) is 0 Å². The Morgan fingerprint density at radius 1 is 1.29 bits per heavy atom. The third-order valence-electron chi connectivity index (χ3n) is 2.68. The average Bonchev–Trinajstić information content (AvgIpc) is 2.18. The van der Waals surface area contributed by atoms with Crippen LogP contribution >= 0.6 is 0 Å². The molecule has 0 fully saturated rings. The van der Waals surface area contributed by atoms with Crippen molar-refractivity contribution in [1.82, 2.24) is 0 Å². The molecule has 0 radical (unpaired) electrons. The highest BCUT2D eigenvalue weighted by molar-refractivity contribution is 5.33. The van der Waals surface area contributed by atoms with Crippen molar-refractivity contribution in [1.29, 1.82) is 0 Å². The second kappa shape index (κ2) is 5.16. The van der Waals surface area contributed by atoms with Crippen molar-refractivity contribution in [3.8, 4) is 0 Å². The quantitative estimate of drug-likeness (QED) is 0.776. The molecule has 1 aromatic carbocycles. The summed E-state index contributed by atoms with van der Waals surface area (Å²) < 4.78 is 0. The van der Waals surface area contributed by atoms with Crippen molar-refractivity contribution in [3.63, 3.8) is 0 Å². The zero-order valence-electron chi connectivity index (χ0n) is 9.51. The van der Waals surface area contributed by atoms with Crippen molar-refractivity contribution in [3.05, 3.63) is 34.9 Å². The van der Waals surface area contributed by atoms with Crippen LogP contribution in [-0.2, 0) is 6.42 Å². The van der Waals surface area contributed by atoms with Crippen LogP contribution in [0.15, 0.2) is 18.2 Å². The zero-order chi connectivity index (χ0) is 10.6. The molecule has 0 aromatic heterocycles. The van der Waals surface area contributed by atoms with Gasteiger partial charge < -0.3 is 5.73 Å². The Bertz CT molecular complexity index is 291. The lowest BCUT2D eigenvalue weighted by molar-refractivity contribution is 0.632. The largest absolute Gasteiger partial charge is 0.324 e. The van der Waals surface area contributed by atoms with Gasteiger partial charge >= 0.3 is 0 Å². The minimum Gasteiger partial charge on any atom is -0.324 e. The minimum absolute atomic E-state index is 0.217. The summed E-state index contributed by atoms with van der Waals surface area (Å²) in [6.45, 7) is 6.50. The second-order valence-corrected chi connectivity index (χ2v) is 3.95. The lowest BCUT2D eigenvalue weighted by Gasteiger charge is -2.15. The van der Waals surface area contributed by atoms with E-state index in [9.17, 15) is 0 Å². The first-order chi connectivity index (χ1) is 6.69. The maximum Gasteiger partial charge on any atom is 0.0297 e. The first kappa shape index (κ1) is 11.3. The first-order valence-corrected chi connectivity index (χ1v) is 5.54. The van der Waals surface area contributed by atoms with Gasteiger partial charge in [-0.15, -0.1) is 0 Å². The lowest BCUT2D eigenvalue weighted by atomic mass is 9.94. The van der Waals surface area contributed by atoms with Crippen molar-refractivity contribution in [2.45, 2.75) is 46.1 Å². The number of nitrogens with two attached hydrogens (primary N) is 1. The Morgan fingerprint density at radius 2 is 2.00 bits per heavy atom. The van der Waals surface area contributed by atoms with Gasteiger partial charge in [0.05, 0.1) is 0 Å². The lowest BCUT2D eigenvalue weighted by Crippen LogP contribution is -2.12. The maximum atomic E-state index is 6.15. The molecule has 0 aliphatic rings. The molecule has 1 unspecified atom stereocenters. The standard InChI is InChI=1S/C13H21N/c1-4-6-13(14)12-9-10(3)7-8-11(12)5-2/h7-9,13H,4-6,14H2,1-3H3. The van der Waals surface area contributed by atoms with Gasteiger partial charge in [-0.2, -0.15) is 0 Å². The van der Waals surface area contributed by atoms with E-state index in [0.717, 1.165) is 19.3 Å². The molecule has 0 spiro atoms. The highest BCUT2D eigenvalue weighted by Gasteiger charge is 2.08. The van der Waals surface area contributed by atoms with Crippen LogP contribution in [0.5, 0.6) is 0 Å². The second-order valence-electron chi connectivity index (χ2n) is 3.95. The molecule has 0 saturated carbocycles. The molecular weight excluding hydrogens is 170 g/mol. The molecule has 1 aromatic rings. The van der Waals surface area contributed by atoms with Crippen molar-refractivity contribution in [2.24, 2.45) is 5.73 Å². The topological polar surface area (TPSA) is 26.0 Å². The molecule has 14 heavy (non-hydrogen) atoms. The smallest absolute Gasteiger partial charge is 0.0297 e. The van der Waals surface area contributed by atoms with Crippen LogP contribution in [0.1, 0.15) is 49.4 Å². The van der Waals surface area contributed by atoms with E-state index in [4.69, 9.17) is 5.73 Å². The van der Waals surface area contributed by atoms with Crippen LogP contribution in [0.25, 0.3) is 0 Å². The van der Waals surface area contributed by atoms with Gasteiger partial charge in [0.1, 0.15) is 0 Å². The summed E-state index contributed by atoms with van der Waals surface area (Å²) in [6, 6.07) is 6.83. The number of aryl methyl sites for hydroxylation is 2.